The van der Waals surface area contributed by atoms with Crippen LogP contribution in [0, 0.1) is 0 Å². The molecule has 6 rings (SSSR count). The Morgan fingerprint density at radius 2 is 0.773 bits per heavy atom. The van der Waals surface area contributed by atoms with Crippen LogP contribution in [0.25, 0.3) is 0 Å². The Morgan fingerprint density at radius 1 is 0.477 bits per heavy atom. The van der Waals surface area contributed by atoms with Gasteiger partial charge in [-0.2, -0.15) is 0 Å². The van der Waals surface area contributed by atoms with Crippen molar-refractivity contribution in [2.75, 3.05) is 27.2 Å². The molecule has 4 nitrogen and oxygen atoms in total. The quantitative estimate of drug-likeness (QED) is 0.155. The first kappa shape index (κ1) is 30.7. The van der Waals surface area contributed by atoms with Crippen molar-refractivity contribution in [3.8, 4) is 0 Å². The van der Waals surface area contributed by atoms with Gasteiger partial charge in [0.05, 0.1) is 14.1 Å². The topological polar surface area (TPSA) is 18.5 Å². The summed E-state index contributed by atoms with van der Waals surface area (Å²) < 4.78 is 16.1. The highest BCUT2D eigenvalue weighted by molar-refractivity contribution is 5.17. The molecule has 2 aliphatic rings. The van der Waals surface area contributed by atoms with Crippen LogP contribution in [0.15, 0.2) is 121 Å². The van der Waals surface area contributed by atoms with Crippen LogP contribution in [0.5, 0.6) is 0 Å². The number of quaternary nitrogens is 2. The minimum absolute atomic E-state index is 0.0227. The number of hydrogen-bond acceptors (Lipinski definition) is 2. The lowest BCUT2D eigenvalue weighted by Gasteiger charge is -2.40. The Kier molecular flexibility index (Phi) is 9.63. The molecule has 0 aromatic heterocycles. The smallest absolute Gasteiger partial charge is 0.169 e. The molecule has 1 saturated carbocycles. The second kappa shape index (κ2) is 13.8. The van der Waals surface area contributed by atoms with E-state index in [-0.39, 0.29) is 12.2 Å². The summed E-state index contributed by atoms with van der Waals surface area (Å²) >= 11 is 0. The van der Waals surface area contributed by atoms with Gasteiger partial charge in [0.1, 0.15) is 51.5 Å². The number of nitrogens with zero attached hydrogens (tertiary/aromatic N) is 2. The first-order valence-corrected chi connectivity index (χ1v) is 16.6. The molecule has 1 saturated heterocycles. The van der Waals surface area contributed by atoms with Crippen molar-refractivity contribution < 1.29 is 18.4 Å². The number of hydrogen-bond donors (Lipinski definition) is 0. The lowest BCUT2D eigenvalue weighted by molar-refractivity contribution is -0.944. The average Bonchev–Trinajstić information content (AvgIpc) is 3.33. The molecule has 1 aliphatic heterocycles. The highest BCUT2D eigenvalue weighted by Crippen LogP contribution is 2.42. The van der Waals surface area contributed by atoms with Crippen LogP contribution in [0.3, 0.4) is 0 Å². The predicted octanol–water partition coefficient (Wildman–Crippen LogP) is 8.12. The van der Waals surface area contributed by atoms with Crippen LogP contribution in [0.1, 0.15) is 54.4 Å². The molecule has 0 bridgehead atoms. The second-order valence-electron chi connectivity index (χ2n) is 14.0. The van der Waals surface area contributed by atoms with Crippen LogP contribution in [-0.2, 0) is 35.7 Å². The van der Waals surface area contributed by atoms with Gasteiger partial charge in [-0.3, -0.25) is 0 Å². The molecular formula is C40H50N2O2+2. The van der Waals surface area contributed by atoms with Crippen molar-refractivity contribution in [3.63, 3.8) is 0 Å². The fraction of sp³-hybridized carbons (Fsp3) is 0.400. The number of likely N-dealkylation sites (N-methyl/N-ethyl adjacent to an activating group) is 2. The Morgan fingerprint density at radius 3 is 1.07 bits per heavy atom. The molecule has 0 radical (unpaired) electrons. The molecule has 2 fully saturated rings. The van der Waals surface area contributed by atoms with Crippen LogP contribution >= 0.6 is 0 Å². The Balaban J connectivity index is 1.31. The Hall–Kier alpha value is -3.28. The lowest BCUT2D eigenvalue weighted by atomic mass is 9.94. The molecule has 1 aliphatic carbocycles. The number of ether oxygens (including phenoxy) is 2. The minimum atomic E-state index is -0.442. The maximum Gasteiger partial charge on any atom is 0.169 e. The van der Waals surface area contributed by atoms with E-state index in [4.69, 9.17) is 9.47 Å². The molecule has 4 aromatic carbocycles. The molecule has 44 heavy (non-hydrogen) atoms. The molecule has 4 heteroatoms. The van der Waals surface area contributed by atoms with Crippen molar-refractivity contribution in [3.05, 3.63) is 144 Å². The van der Waals surface area contributed by atoms with Crippen molar-refractivity contribution in [2.24, 2.45) is 0 Å². The molecule has 1 spiro atoms. The van der Waals surface area contributed by atoms with Crippen molar-refractivity contribution >= 4 is 0 Å². The SMILES string of the molecule is C[N+](Cc1ccccc1)(Cc1ccccc1)C[C@@H]1OC2(CCCCC2)O[C@H]1C[N+](C)(Cc1ccccc1)Cc1ccccc1. The van der Waals surface area contributed by atoms with E-state index >= 15 is 0 Å². The minimum Gasteiger partial charge on any atom is -0.338 e. The van der Waals surface area contributed by atoms with Gasteiger partial charge < -0.3 is 18.4 Å². The third-order valence-corrected chi connectivity index (χ3v) is 9.63. The second-order valence-corrected chi connectivity index (χ2v) is 14.0. The molecule has 0 N–H and O–H groups in total. The van der Waals surface area contributed by atoms with Crippen molar-refractivity contribution in [2.45, 2.75) is 76.3 Å². The third-order valence-electron chi connectivity index (χ3n) is 9.63. The van der Waals surface area contributed by atoms with Gasteiger partial charge in [0.2, 0.25) is 0 Å². The lowest BCUT2D eigenvalue weighted by Crippen LogP contribution is -2.54. The van der Waals surface area contributed by atoms with Crippen LogP contribution in [0.2, 0.25) is 0 Å². The highest BCUT2D eigenvalue weighted by Gasteiger charge is 2.52. The van der Waals surface area contributed by atoms with E-state index in [1.807, 2.05) is 0 Å². The zero-order valence-corrected chi connectivity index (χ0v) is 26.7. The molecule has 0 unspecified atom stereocenters. The van der Waals surface area contributed by atoms with Gasteiger partial charge in [-0.25, -0.2) is 0 Å². The third kappa shape index (κ3) is 8.05. The maximum atomic E-state index is 7.17. The number of benzene rings is 4. The summed E-state index contributed by atoms with van der Waals surface area (Å²) in [7, 11) is 4.82. The van der Waals surface area contributed by atoms with Crippen LogP contribution in [-0.4, -0.2) is 54.1 Å². The van der Waals surface area contributed by atoms with Gasteiger partial charge >= 0.3 is 0 Å². The summed E-state index contributed by atoms with van der Waals surface area (Å²) in [5.41, 5.74) is 5.45. The fourth-order valence-corrected chi connectivity index (χ4v) is 7.70. The molecule has 4 aromatic rings. The maximum absolute atomic E-state index is 7.17. The normalized spacial score (nSPS) is 20.1. The standard InChI is InChI=1S/C40H50N2O2/c1-41(28-34-18-8-3-9-19-34,29-35-20-10-4-11-21-35)32-38-39(44-40(43-38)26-16-7-17-27-40)33-42(2,30-36-22-12-5-13-23-36)31-37-24-14-6-15-25-37/h3-6,8-15,18-25,38-39H,7,16-17,26-33H2,1-2H3/q+2/t38-,39-/m0/s1. The summed E-state index contributed by atoms with van der Waals surface area (Å²) in [6.07, 6.45) is 5.68. The first-order chi connectivity index (χ1) is 21.4. The average molecular weight is 591 g/mol. The van der Waals surface area contributed by atoms with Gasteiger partial charge in [-0.15, -0.1) is 0 Å². The van der Waals surface area contributed by atoms with E-state index in [0.29, 0.717) is 0 Å². The van der Waals surface area contributed by atoms with Crippen molar-refractivity contribution in [1.29, 1.82) is 0 Å². The Labute approximate surface area is 265 Å². The van der Waals surface area contributed by atoms with E-state index < -0.39 is 5.79 Å². The summed E-state index contributed by atoms with van der Waals surface area (Å²) in [4.78, 5) is 0. The van der Waals surface area contributed by atoms with E-state index in [2.05, 4.69) is 135 Å². The van der Waals surface area contributed by atoms with Crippen molar-refractivity contribution in [1.82, 2.24) is 0 Å². The van der Waals surface area contributed by atoms with Gasteiger partial charge in [0.15, 0.2) is 5.79 Å². The molecule has 0 amide bonds. The monoisotopic (exact) mass is 590 g/mol. The van der Waals surface area contributed by atoms with Gasteiger partial charge in [0.25, 0.3) is 0 Å². The van der Waals surface area contributed by atoms with Gasteiger partial charge in [-0.1, -0.05) is 128 Å². The zero-order valence-electron chi connectivity index (χ0n) is 26.7. The van der Waals surface area contributed by atoms with E-state index in [1.54, 1.807) is 0 Å². The molecular weight excluding hydrogens is 540 g/mol. The number of rotatable bonds is 12. The summed E-state index contributed by atoms with van der Waals surface area (Å²) in [6.45, 7) is 5.63. The van der Waals surface area contributed by atoms with Gasteiger partial charge in [-0.05, 0) is 12.8 Å². The zero-order chi connectivity index (χ0) is 30.3. The largest absolute Gasteiger partial charge is 0.338 e. The van der Waals surface area contributed by atoms with Crippen LogP contribution < -0.4 is 0 Å². The van der Waals surface area contributed by atoms with E-state index in [0.717, 1.165) is 61.1 Å². The Bertz CT molecular complexity index is 1230. The van der Waals surface area contributed by atoms with E-state index in [9.17, 15) is 0 Å². The highest BCUT2D eigenvalue weighted by atomic mass is 16.8. The van der Waals surface area contributed by atoms with E-state index in [1.165, 1.54) is 41.5 Å². The molecule has 1 heterocycles. The summed E-state index contributed by atoms with van der Waals surface area (Å²) in [6, 6.07) is 43.8. The molecule has 230 valence electrons. The molecule has 2 atom stereocenters. The fourth-order valence-electron chi connectivity index (χ4n) is 7.70. The summed E-state index contributed by atoms with van der Waals surface area (Å²) in [5, 5.41) is 0. The van der Waals surface area contributed by atoms with Crippen LogP contribution in [0.4, 0.5) is 0 Å². The van der Waals surface area contributed by atoms with Gasteiger partial charge in [0, 0.05) is 35.1 Å². The first-order valence-electron chi connectivity index (χ1n) is 16.6. The predicted molar refractivity (Wildman–Crippen MR) is 178 cm³/mol. The summed E-state index contributed by atoms with van der Waals surface area (Å²) in [5.74, 6) is -0.442.